The largest absolute Gasteiger partial charge is 0.370 e. The predicted molar refractivity (Wildman–Crippen MR) is 86.1 cm³/mol. The molecule has 1 aliphatic rings. The minimum absolute atomic E-state index is 0.153. The highest BCUT2D eigenvalue weighted by atomic mass is 19.1. The van der Waals surface area contributed by atoms with E-state index in [1.807, 2.05) is 4.90 Å². The zero-order valence-corrected chi connectivity index (χ0v) is 13.1. The first-order valence-corrected chi connectivity index (χ1v) is 7.86. The molecule has 0 saturated carbocycles. The molecule has 126 valence electrons. The fourth-order valence-corrected chi connectivity index (χ4v) is 3.09. The Morgan fingerprint density at radius 1 is 1.21 bits per heavy atom. The quantitative estimate of drug-likeness (QED) is 0.934. The van der Waals surface area contributed by atoms with E-state index in [0.717, 1.165) is 19.4 Å². The zero-order valence-electron chi connectivity index (χ0n) is 13.1. The molecule has 0 aliphatic carbocycles. The SMILES string of the molecule is NC(=O)CC1CCCN(c2ccc(-c3c(F)cccc3F)nn2)C1. The van der Waals surface area contributed by atoms with Crippen molar-refractivity contribution >= 4 is 11.7 Å². The number of benzene rings is 1. The molecule has 1 aromatic carbocycles. The number of carbonyl (C=O) groups is 1. The molecule has 7 heteroatoms. The van der Waals surface area contributed by atoms with Crippen molar-refractivity contribution in [1.82, 2.24) is 10.2 Å². The van der Waals surface area contributed by atoms with Crippen molar-refractivity contribution in [3.8, 4) is 11.3 Å². The van der Waals surface area contributed by atoms with Gasteiger partial charge in [-0.05, 0) is 43.0 Å². The van der Waals surface area contributed by atoms with Gasteiger partial charge in [0.2, 0.25) is 5.91 Å². The summed E-state index contributed by atoms with van der Waals surface area (Å²) >= 11 is 0. The summed E-state index contributed by atoms with van der Waals surface area (Å²) in [4.78, 5) is 13.1. The van der Waals surface area contributed by atoms with Gasteiger partial charge in [-0.1, -0.05) is 6.07 Å². The van der Waals surface area contributed by atoms with Crippen molar-refractivity contribution in [1.29, 1.82) is 0 Å². The Morgan fingerprint density at radius 3 is 2.58 bits per heavy atom. The number of rotatable bonds is 4. The molecule has 1 aliphatic heterocycles. The van der Waals surface area contributed by atoms with Crippen LogP contribution in [-0.2, 0) is 4.79 Å². The molecular weight excluding hydrogens is 314 g/mol. The fourth-order valence-electron chi connectivity index (χ4n) is 3.09. The van der Waals surface area contributed by atoms with E-state index >= 15 is 0 Å². The van der Waals surface area contributed by atoms with Crippen LogP contribution in [-0.4, -0.2) is 29.2 Å². The van der Waals surface area contributed by atoms with Gasteiger partial charge in [-0.15, -0.1) is 10.2 Å². The zero-order chi connectivity index (χ0) is 17.1. The third kappa shape index (κ3) is 3.50. The van der Waals surface area contributed by atoms with Crippen molar-refractivity contribution < 1.29 is 13.6 Å². The first kappa shape index (κ1) is 16.3. The number of hydrogen-bond acceptors (Lipinski definition) is 4. The third-order valence-corrected chi connectivity index (χ3v) is 4.20. The van der Waals surface area contributed by atoms with Gasteiger partial charge in [-0.2, -0.15) is 0 Å². The van der Waals surface area contributed by atoms with Crippen molar-refractivity contribution in [2.45, 2.75) is 19.3 Å². The average Bonchev–Trinajstić information content (AvgIpc) is 2.55. The van der Waals surface area contributed by atoms with Crippen LogP contribution in [0.5, 0.6) is 0 Å². The summed E-state index contributed by atoms with van der Waals surface area (Å²) in [5.74, 6) is -0.821. The van der Waals surface area contributed by atoms with E-state index in [-0.39, 0.29) is 23.1 Å². The molecule has 1 fully saturated rings. The number of amides is 1. The number of aromatic nitrogens is 2. The van der Waals surface area contributed by atoms with E-state index in [4.69, 9.17) is 5.73 Å². The Morgan fingerprint density at radius 2 is 1.96 bits per heavy atom. The van der Waals surface area contributed by atoms with Crippen LogP contribution < -0.4 is 10.6 Å². The molecule has 2 N–H and O–H groups in total. The van der Waals surface area contributed by atoms with Gasteiger partial charge in [-0.25, -0.2) is 8.78 Å². The van der Waals surface area contributed by atoms with Crippen LogP contribution in [0, 0.1) is 17.6 Å². The smallest absolute Gasteiger partial charge is 0.217 e. The number of nitrogens with two attached hydrogens (primary N) is 1. The lowest BCUT2D eigenvalue weighted by atomic mass is 9.94. The summed E-state index contributed by atoms with van der Waals surface area (Å²) in [5, 5.41) is 8.07. The Hall–Kier alpha value is -2.57. The van der Waals surface area contributed by atoms with Crippen LogP contribution >= 0.6 is 0 Å². The van der Waals surface area contributed by atoms with Crippen molar-refractivity contribution in [2.75, 3.05) is 18.0 Å². The second-order valence-electron chi connectivity index (χ2n) is 6.00. The minimum atomic E-state index is -0.670. The van der Waals surface area contributed by atoms with Crippen LogP contribution in [0.4, 0.5) is 14.6 Å². The fraction of sp³-hybridized carbons (Fsp3) is 0.353. The Balaban J connectivity index is 1.78. The number of primary amides is 1. The summed E-state index contributed by atoms with van der Waals surface area (Å²) in [6.07, 6.45) is 2.23. The first-order chi connectivity index (χ1) is 11.5. The molecule has 1 saturated heterocycles. The van der Waals surface area contributed by atoms with Gasteiger partial charge in [-0.3, -0.25) is 4.79 Å². The monoisotopic (exact) mass is 332 g/mol. The molecule has 2 heterocycles. The van der Waals surface area contributed by atoms with Crippen LogP contribution in [0.25, 0.3) is 11.3 Å². The van der Waals surface area contributed by atoms with Crippen LogP contribution in [0.15, 0.2) is 30.3 Å². The highest BCUT2D eigenvalue weighted by Gasteiger charge is 2.23. The van der Waals surface area contributed by atoms with E-state index in [9.17, 15) is 13.6 Å². The standard InChI is InChI=1S/C17H18F2N4O/c18-12-4-1-5-13(19)17(12)14-6-7-16(22-21-14)23-8-2-3-11(10-23)9-15(20)24/h1,4-7,11H,2-3,8-10H2,(H2,20,24). The highest BCUT2D eigenvalue weighted by molar-refractivity contribution is 5.74. The molecular formula is C17H18F2N4O. The summed E-state index contributed by atoms with van der Waals surface area (Å²) in [5.41, 5.74) is 5.24. The number of carbonyl (C=O) groups excluding carboxylic acids is 1. The molecule has 0 bridgehead atoms. The molecule has 1 amide bonds. The van der Waals surface area contributed by atoms with Gasteiger partial charge in [0, 0.05) is 19.5 Å². The predicted octanol–water partition coefficient (Wildman–Crippen LogP) is 2.51. The van der Waals surface area contributed by atoms with Crippen LogP contribution in [0.3, 0.4) is 0 Å². The molecule has 2 aromatic rings. The molecule has 1 atom stereocenters. The van der Waals surface area contributed by atoms with E-state index in [2.05, 4.69) is 10.2 Å². The normalized spacial score (nSPS) is 17.8. The lowest BCUT2D eigenvalue weighted by Crippen LogP contribution is -2.37. The van der Waals surface area contributed by atoms with Gasteiger partial charge in [0.25, 0.3) is 0 Å². The van der Waals surface area contributed by atoms with Crippen molar-refractivity contribution in [3.05, 3.63) is 42.0 Å². The second-order valence-corrected chi connectivity index (χ2v) is 6.00. The third-order valence-electron chi connectivity index (χ3n) is 4.20. The topological polar surface area (TPSA) is 72.1 Å². The van der Waals surface area contributed by atoms with E-state index in [0.29, 0.717) is 18.8 Å². The maximum atomic E-state index is 13.8. The van der Waals surface area contributed by atoms with Gasteiger partial charge < -0.3 is 10.6 Å². The summed E-state index contributed by atoms with van der Waals surface area (Å²) in [6.45, 7) is 1.47. The number of nitrogens with zero attached hydrogens (tertiary/aromatic N) is 3. The molecule has 0 radical (unpaired) electrons. The maximum Gasteiger partial charge on any atom is 0.217 e. The minimum Gasteiger partial charge on any atom is -0.370 e. The van der Waals surface area contributed by atoms with Gasteiger partial charge >= 0.3 is 0 Å². The average molecular weight is 332 g/mol. The lowest BCUT2D eigenvalue weighted by molar-refractivity contribution is -0.118. The molecule has 0 spiro atoms. The maximum absolute atomic E-state index is 13.8. The summed E-state index contributed by atoms with van der Waals surface area (Å²) < 4.78 is 27.6. The van der Waals surface area contributed by atoms with Gasteiger partial charge in [0.05, 0.1) is 11.3 Å². The van der Waals surface area contributed by atoms with E-state index < -0.39 is 11.6 Å². The Labute approximate surface area is 138 Å². The summed E-state index contributed by atoms with van der Waals surface area (Å²) in [6, 6.07) is 6.94. The van der Waals surface area contributed by atoms with E-state index in [1.165, 1.54) is 18.2 Å². The summed E-state index contributed by atoms with van der Waals surface area (Å²) in [7, 11) is 0. The number of anilines is 1. The van der Waals surface area contributed by atoms with Crippen LogP contribution in [0.2, 0.25) is 0 Å². The van der Waals surface area contributed by atoms with Gasteiger partial charge in [0.1, 0.15) is 11.6 Å². The number of piperidine rings is 1. The molecule has 1 aromatic heterocycles. The molecule has 5 nitrogen and oxygen atoms in total. The molecule has 3 rings (SSSR count). The first-order valence-electron chi connectivity index (χ1n) is 7.86. The molecule has 24 heavy (non-hydrogen) atoms. The van der Waals surface area contributed by atoms with Gasteiger partial charge in [0.15, 0.2) is 5.82 Å². The van der Waals surface area contributed by atoms with Crippen molar-refractivity contribution in [3.63, 3.8) is 0 Å². The Bertz CT molecular complexity index is 716. The van der Waals surface area contributed by atoms with Crippen molar-refractivity contribution in [2.24, 2.45) is 11.7 Å². The Kier molecular flexibility index (Phi) is 4.69. The number of halogens is 2. The lowest BCUT2D eigenvalue weighted by Gasteiger charge is -2.32. The van der Waals surface area contributed by atoms with Crippen LogP contribution in [0.1, 0.15) is 19.3 Å². The molecule has 1 unspecified atom stereocenters. The number of hydrogen-bond donors (Lipinski definition) is 1. The highest BCUT2D eigenvalue weighted by Crippen LogP contribution is 2.27. The van der Waals surface area contributed by atoms with E-state index in [1.54, 1.807) is 12.1 Å². The second kappa shape index (κ2) is 6.90.